The highest BCUT2D eigenvalue weighted by Crippen LogP contribution is 2.23. The van der Waals surface area contributed by atoms with E-state index >= 15 is 0 Å². The van der Waals surface area contributed by atoms with Gasteiger partial charge in [0.2, 0.25) is 0 Å². The highest BCUT2D eigenvalue weighted by molar-refractivity contribution is 9.10. The number of rotatable bonds is 3. The molecule has 0 aliphatic carbocycles. The first-order valence-electron chi connectivity index (χ1n) is 6.45. The van der Waals surface area contributed by atoms with Crippen LogP contribution in [0.15, 0.2) is 16.6 Å². The van der Waals surface area contributed by atoms with E-state index in [9.17, 15) is 4.39 Å². The van der Waals surface area contributed by atoms with Gasteiger partial charge < -0.3 is 14.5 Å². The maximum Gasteiger partial charge on any atom is 0.178 e. The highest BCUT2D eigenvalue weighted by Gasteiger charge is 2.13. The maximum atomic E-state index is 13.5. The number of halogens is 2. The molecule has 1 aromatic heterocycles. The van der Waals surface area contributed by atoms with Gasteiger partial charge in [-0.15, -0.1) is 0 Å². The molecule has 1 N–H and O–H groups in total. The Morgan fingerprint density at radius 3 is 2.74 bits per heavy atom. The van der Waals surface area contributed by atoms with Crippen molar-refractivity contribution in [1.29, 1.82) is 0 Å². The van der Waals surface area contributed by atoms with Crippen LogP contribution in [0.25, 0.3) is 11.0 Å². The van der Waals surface area contributed by atoms with Crippen LogP contribution in [0.3, 0.4) is 0 Å². The third-order valence-electron chi connectivity index (χ3n) is 3.65. The Labute approximate surface area is 124 Å². The zero-order chi connectivity index (χ0) is 13.4. The fourth-order valence-electron chi connectivity index (χ4n) is 2.62. The molecule has 0 unspecified atom stereocenters. The number of hydrogen-bond acceptors (Lipinski definition) is 2. The summed E-state index contributed by atoms with van der Waals surface area (Å²) in [6.07, 6.45) is 2.58. The first kappa shape index (κ1) is 13.3. The molecule has 0 saturated carbocycles. The van der Waals surface area contributed by atoms with Crippen LogP contribution in [-0.4, -0.2) is 34.1 Å². The SMILES string of the molecule is Fc1cc2[nH]c(=S)n(CCN3CCCC3)c2cc1Br. The Balaban J connectivity index is 1.91. The molecule has 102 valence electrons. The lowest BCUT2D eigenvalue weighted by Crippen LogP contribution is -2.24. The van der Waals surface area contributed by atoms with E-state index in [1.165, 1.54) is 32.0 Å². The van der Waals surface area contributed by atoms with Gasteiger partial charge in [-0.2, -0.15) is 0 Å². The second kappa shape index (κ2) is 5.34. The van der Waals surface area contributed by atoms with Crippen molar-refractivity contribution < 1.29 is 4.39 Å². The van der Waals surface area contributed by atoms with Crippen LogP contribution in [0.2, 0.25) is 0 Å². The Hall–Kier alpha value is -0.720. The molecule has 2 aromatic rings. The molecular formula is C13H15BrFN3S. The summed E-state index contributed by atoms with van der Waals surface area (Å²) in [6, 6.07) is 3.28. The fourth-order valence-corrected chi connectivity index (χ4v) is 3.25. The van der Waals surface area contributed by atoms with Gasteiger partial charge in [0.1, 0.15) is 5.82 Å². The molecule has 1 aromatic carbocycles. The van der Waals surface area contributed by atoms with E-state index in [1.54, 1.807) is 6.07 Å². The zero-order valence-corrected chi connectivity index (χ0v) is 12.9. The average molecular weight is 344 g/mol. The van der Waals surface area contributed by atoms with Crippen LogP contribution in [-0.2, 0) is 6.54 Å². The number of aromatic amines is 1. The van der Waals surface area contributed by atoms with Crippen molar-refractivity contribution in [3.05, 3.63) is 27.2 Å². The third-order valence-corrected chi connectivity index (χ3v) is 4.58. The van der Waals surface area contributed by atoms with Crippen LogP contribution in [0.1, 0.15) is 12.8 Å². The predicted molar refractivity (Wildman–Crippen MR) is 80.5 cm³/mol. The monoisotopic (exact) mass is 343 g/mol. The summed E-state index contributed by atoms with van der Waals surface area (Å²) in [5, 5.41) is 0. The first-order valence-corrected chi connectivity index (χ1v) is 7.65. The highest BCUT2D eigenvalue weighted by atomic mass is 79.9. The van der Waals surface area contributed by atoms with Crippen molar-refractivity contribution in [3.63, 3.8) is 0 Å². The van der Waals surface area contributed by atoms with Gasteiger partial charge in [-0.1, -0.05) is 0 Å². The quantitative estimate of drug-likeness (QED) is 0.859. The molecule has 1 aliphatic rings. The number of fused-ring (bicyclic) bond motifs is 1. The summed E-state index contributed by atoms with van der Waals surface area (Å²) in [7, 11) is 0. The minimum absolute atomic E-state index is 0.268. The van der Waals surface area contributed by atoms with Gasteiger partial charge in [0.05, 0.1) is 15.5 Å². The van der Waals surface area contributed by atoms with Gasteiger partial charge in [-0.25, -0.2) is 4.39 Å². The number of nitrogens with one attached hydrogen (secondary N) is 1. The Morgan fingerprint density at radius 2 is 2.00 bits per heavy atom. The minimum atomic E-state index is -0.268. The molecule has 0 spiro atoms. The second-order valence-corrected chi connectivity index (χ2v) is 6.16. The van der Waals surface area contributed by atoms with Crippen LogP contribution < -0.4 is 0 Å². The van der Waals surface area contributed by atoms with Gasteiger partial charge >= 0.3 is 0 Å². The molecule has 2 heterocycles. The number of benzene rings is 1. The van der Waals surface area contributed by atoms with Crippen LogP contribution in [0, 0.1) is 10.6 Å². The number of H-pyrrole nitrogens is 1. The zero-order valence-electron chi connectivity index (χ0n) is 10.5. The largest absolute Gasteiger partial charge is 0.330 e. The summed E-state index contributed by atoms with van der Waals surface area (Å²) in [4.78, 5) is 5.51. The lowest BCUT2D eigenvalue weighted by Gasteiger charge is -2.15. The lowest BCUT2D eigenvalue weighted by molar-refractivity contribution is 0.323. The molecule has 3 nitrogen and oxygen atoms in total. The molecular weight excluding hydrogens is 329 g/mol. The second-order valence-electron chi connectivity index (χ2n) is 4.91. The normalized spacial score (nSPS) is 16.5. The summed E-state index contributed by atoms with van der Waals surface area (Å²) in [6.45, 7) is 4.19. The molecule has 1 fully saturated rings. The van der Waals surface area contributed by atoms with Gasteiger partial charge in [-0.05, 0) is 60.1 Å². The molecule has 0 bridgehead atoms. The third kappa shape index (κ3) is 2.61. The van der Waals surface area contributed by atoms with Crippen molar-refractivity contribution in [1.82, 2.24) is 14.5 Å². The number of nitrogens with zero attached hydrogens (tertiary/aromatic N) is 2. The van der Waals surface area contributed by atoms with Crippen LogP contribution >= 0.6 is 28.1 Å². The fraction of sp³-hybridized carbons (Fsp3) is 0.462. The van der Waals surface area contributed by atoms with Crippen molar-refractivity contribution in [2.75, 3.05) is 19.6 Å². The molecule has 0 amide bonds. The van der Waals surface area contributed by atoms with Crippen molar-refractivity contribution in [2.45, 2.75) is 19.4 Å². The Kier molecular flexibility index (Phi) is 3.73. The summed E-state index contributed by atoms with van der Waals surface area (Å²) < 4.78 is 16.7. The van der Waals surface area contributed by atoms with Gasteiger partial charge in [0, 0.05) is 19.2 Å². The molecule has 0 radical (unpaired) electrons. The van der Waals surface area contributed by atoms with Crippen molar-refractivity contribution in [2.24, 2.45) is 0 Å². The van der Waals surface area contributed by atoms with E-state index in [2.05, 4.69) is 25.8 Å². The van der Waals surface area contributed by atoms with Crippen LogP contribution in [0.5, 0.6) is 0 Å². The minimum Gasteiger partial charge on any atom is -0.330 e. The molecule has 19 heavy (non-hydrogen) atoms. The van der Waals surface area contributed by atoms with E-state index in [-0.39, 0.29) is 5.82 Å². The predicted octanol–water partition coefficient (Wildman–Crippen LogP) is 3.70. The standard InChI is InChI=1S/C13H15BrFN3S/c14-9-7-12-11(8-10(9)15)16-13(19)18(12)6-5-17-3-1-2-4-17/h7-8H,1-6H2,(H,16,19). The summed E-state index contributed by atoms with van der Waals surface area (Å²) in [5.41, 5.74) is 1.71. The van der Waals surface area contributed by atoms with Crippen molar-refractivity contribution >= 4 is 39.2 Å². The molecule has 1 saturated heterocycles. The van der Waals surface area contributed by atoms with E-state index < -0.39 is 0 Å². The molecule has 1 aliphatic heterocycles. The lowest BCUT2D eigenvalue weighted by atomic mass is 10.3. The number of hydrogen-bond donors (Lipinski definition) is 1. The van der Waals surface area contributed by atoms with E-state index in [4.69, 9.17) is 12.2 Å². The number of likely N-dealkylation sites (tertiary alicyclic amines) is 1. The maximum absolute atomic E-state index is 13.5. The summed E-state index contributed by atoms with van der Waals surface area (Å²) >= 11 is 8.56. The molecule has 0 atom stereocenters. The van der Waals surface area contributed by atoms with E-state index in [0.29, 0.717) is 9.24 Å². The number of aromatic nitrogens is 2. The molecule has 6 heteroatoms. The van der Waals surface area contributed by atoms with Gasteiger partial charge in [-0.3, -0.25) is 0 Å². The van der Waals surface area contributed by atoms with Gasteiger partial charge in [0.15, 0.2) is 4.77 Å². The Morgan fingerprint density at radius 1 is 1.26 bits per heavy atom. The van der Waals surface area contributed by atoms with Crippen molar-refractivity contribution in [3.8, 4) is 0 Å². The van der Waals surface area contributed by atoms with Crippen LogP contribution in [0.4, 0.5) is 4.39 Å². The number of imidazole rings is 1. The first-order chi connectivity index (χ1) is 9.15. The molecule has 3 rings (SSSR count). The topological polar surface area (TPSA) is 24.0 Å². The van der Waals surface area contributed by atoms with Gasteiger partial charge in [0.25, 0.3) is 0 Å². The smallest absolute Gasteiger partial charge is 0.178 e. The Bertz CT molecular complexity index is 658. The van der Waals surface area contributed by atoms with E-state index in [1.807, 2.05) is 4.57 Å². The van der Waals surface area contributed by atoms with E-state index in [0.717, 1.165) is 24.1 Å². The summed E-state index contributed by atoms with van der Waals surface area (Å²) in [5.74, 6) is -0.268. The average Bonchev–Trinajstić information content (AvgIpc) is 2.96.